The highest BCUT2D eigenvalue weighted by Crippen LogP contribution is 2.32. The molecule has 0 atom stereocenters. The van der Waals surface area contributed by atoms with Crippen LogP contribution in [-0.2, 0) is 23.3 Å². The molecule has 0 unspecified atom stereocenters. The van der Waals surface area contributed by atoms with Gasteiger partial charge in [-0.15, -0.1) is 11.3 Å². The minimum absolute atomic E-state index is 0.338. The summed E-state index contributed by atoms with van der Waals surface area (Å²) in [5, 5.41) is 10.0. The number of aromatic nitrogens is 2. The summed E-state index contributed by atoms with van der Waals surface area (Å²) < 4.78 is 2.39. The normalized spacial score (nSPS) is 11.7. The minimum atomic E-state index is -1.67. The molecular weight excluding hydrogens is 388 g/mol. The molecule has 3 rings (SSSR count). The fraction of sp³-hybridized carbons (Fsp3) is 0.318. The molecule has 2 aromatic heterocycles. The van der Waals surface area contributed by atoms with Crippen molar-refractivity contribution in [3.8, 4) is 0 Å². The smallest absolute Gasteiger partial charge is 0.333 e. The van der Waals surface area contributed by atoms with Gasteiger partial charge in [0.2, 0.25) is 0 Å². The fourth-order valence-electron chi connectivity index (χ4n) is 3.42. The van der Waals surface area contributed by atoms with Crippen molar-refractivity contribution >= 4 is 33.1 Å². The van der Waals surface area contributed by atoms with Gasteiger partial charge in [-0.1, -0.05) is 36.9 Å². The van der Waals surface area contributed by atoms with Crippen molar-refractivity contribution < 1.29 is 9.90 Å². The third kappa shape index (κ3) is 3.46. The maximum absolute atomic E-state index is 13.3. The highest BCUT2D eigenvalue weighted by Gasteiger charge is 2.35. The monoisotopic (exact) mass is 412 g/mol. The Hall–Kier alpha value is -2.93. The van der Waals surface area contributed by atoms with Crippen molar-refractivity contribution in [2.75, 3.05) is 0 Å². The van der Waals surface area contributed by atoms with E-state index < -0.39 is 22.8 Å². The van der Waals surface area contributed by atoms with Gasteiger partial charge in [-0.25, -0.2) is 14.2 Å². The van der Waals surface area contributed by atoms with Gasteiger partial charge in [0.1, 0.15) is 10.4 Å². The standard InChI is InChI=1S/C22H24N2O4S/c1-13(2)17-14(3)16-18(25)24(22(4,5)20(26)27)21(28)23(19(16)29-17)12-11-15-9-7-6-8-10-15/h6-10H,1,11-12H2,2-5H3,(H,26,27). The Labute approximate surface area is 172 Å². The Kier molecular flexibility index (Phi) is 5.36. The molecular formula is C22H24N2O4S. The number of carbonyl (C=O) groups is 1. The molecule has 152 valence electrons. The number of hydrogen-bond donors (Lipinski definition) is 1. The van der Waals surface area contributed by atoms with Gasteiger partial charge in [-0.05, 0) is 50.8 Å². The van der Waals surface area contributed by atoms with E-state index in [4.69, 9.17) is 0 Å². The topological polar surface area (TPSA) is 81.3 Å². The lowest BCUT2D eigenvalue weighted by atomic mass is 10.1. The van der Waals surface area contributed by atoms with Crippen LogP contribution < -0.4 is 11.2 Å². The third-order valence-corrected chi connectivity index (χ3v) is 6.63. The zero-order chi connectivity index (χ0) is 21.5. The van der Waals surface area contributed by atoms with E-state index >= 15 is 0 Å². The predicted octanol–water partition coefficient (Wildman–Crippen LogP) is 3.63. The Morgan fingerprint density at radius 3 is 2.38 bits per heavy atom. The largest absolute Gasteiger partial charge is 0.480 e. The average Bonchev–Trinajstić information content (AvgIpc) is 3.00. The van der Waals surface area contributed by atoms with Crippen LogP contribution >= 0.6 is 11.3 Å². The summed E-state index contributed by atoms with van der Waals surface area (Å²) in [4.78, 5) is 39.8. The summed E-state index contributed by atoms with van der Waals surface area (Å²) in [5.41, 5.74) is -0.277. The molecule has 29 heavy (non-hydrogen) atoms. The number of fused-ring (bicyclic) bond motifs is 1. The molecule has 3 aromatic rings. The van der Waals surface area contributed by atoms with E-state index in [0.29, 0.717) is 23.2 Å². The van der Waals surface area contributed by atoms with E-state index in [2.05, 4.69) is 6.58 Å². The second kappa shape index (κ2) is 7.48. The molecule has 2 heterocycles. The summed E-state index contributed by atoms with van der Waals surface area (Å²) >= 11 is 1.35. The molecule has 0 saturated carbocycles. The summed E-state index contributed by atoms with van der Waals surface area (Å²) in [5.74, 6) is -1.24. The van der Waals surface area contributed by atoms with E-state index in [-0.39, 0.29) is 0 Å². The lowest BCUT2D eigenvalue weighted by Gasteiger charge is -2.23. The first-order chi connectivity index (χ1) is 13.6. The molecule has 0 aliphatic rings. The molecule has 0 spiro atoms. The van der Waals surface area contributed by atoms with E-state index in [9.17, 15) is 19.5 Å². The van der Waals surface area contributed by atoms with Crippen LogP contribution in [0, 0.1) is 6.92 Å². The Morgan fingerprint density at radius 1 is 1.21 bits per heavy atom. The zero-order valence-electron chi connectivity index (χ0n) is 17.0. The van der Waals surface area contributed by atoms with Crippen LogP contribution in [0.1, 0.15) is 36.8 Å². The molecule has 7 heteroatoms. The van der Waals surface area contributed by atoms with E-state index in [0.717, 1.165) is 26.1 Å². The summed E-state index contributed by atoms with van der Waals surface area (Å²) in [6, 6.07) is 9.72. The van der Waals surface area contributed by atoms with Crippen molar-refractivity contribution in [2.45, 2.75) is 46.2 Å². The molecule has 0 radical (unpaired) electrons. The number of nitrogens with zero attached hydrogens (tertiary/aromatic N) is 2. The highest BCUT2D eigenvalue weighted by atomic mass is 32.1. The first-order valence-electron chi connectivity index (χ1n) is 9.30. The lowest BCUT2D eigenvalue weighted by Crippen LogP contribution is -2.52. The van der Waals surface area contributed by atoms with Gasteiger partial charge >= 0.3 is 11.7 Å². The van der Waals surface area contributed by atoms with Crippen LogP contribution in [-0.4, -0.2) is 20.2 Å². The second-order valence-corrected chi connectivity index (χ2v) is 8.69. The minimum Gasteiger partial charge on any atom is -0.480 e. The average molecular weight is 413 g/mol. The van der Waals surface area contributed by atoms with Crippen LogP contribution in [0.5, 0.6) is 0 Å². The molecule has 0 fully saturated rings. The predicted molar refractivity (Wildman–Crippen MR) is 117 cm³/mol. The summed E-state index contributed by atoms with van der Waals surface area (Å²) in [6.07, 6.45) is 0.584. The van der Waals surface area contributed by atoms with E-state index in [1.807, 2.05) is 44.2 Å². The third-order valence-electron chi connectivity index (χ3n) is 5.15. The number of allylic oxidation sites excluding steroid dienone is 1. The lowest BCUT2D eigenvalue weighted by molar-refractivity contribution is -0.146. The number of carboxylic acid groups (broad SMARTS) is 1. The molecule has 0 aliphatic heterocycles. The molecule has 0 saturated heterocycles. The van der Waals surface area contributed by atoms with Gasteiger partial charge in [0, 0.05) is 11.4 Å². The van der Waals surface area contributed by atoms with Gasteiger partial charge in [0.15, 0.2) is 0 Å². The van der Waals surface area contributed by atoms with Gasteiger partial charge in [0.25, 0.3) is 5.56 Å². The van der Waals surface area contributed by atoms with Crippen molar-refractivity contribution in [2.24, 2.45) is 0 Å². The molecule has 1 N–H and O–H groups in total. The SMILES string of the molecule is C=C(C)c1sc2c(c1C)c(=O)n(C(C)(C)C(=O)O)c(=O)n2CCc1ccccc1. The molecule has 0 aliphatic carbocycles. The van der Waals surface area contributed by atoms with E-state index in [1.54, 1.807) is 0 Å². The van der Waals surface area contributed by atoms with Crippen LogP contribution in [0.25, 0.3) is 15.8 Å². The summed E-state index contributed by atoms with van der Waals surface area (Å²) in [7, 11) is 0. The first-order valence-corrected chi connectivity index (χ1v) is 10.1. The zero-order valence-corrected chi connectivity index (χ0v) is 17.8. The number of benzene rings is 1. The number of aryl methyl sites for hydroxylation is 3. The van der Waals surface area contributed by atoms with Gasteiger partial charge in [0.05, 0.1) is 5.39 Å². The molecule has 1 aromatic carbocycles. The van der Waals surface area contributed by atoms with Crippen molar-refractivity contribution in [3.63, 3.8) is 0 Å². The number of carboxylic acids is 1. The Bertz CT molecular complexity index is 1230. The Balaban J connectivity index is 2.34. The van der Waals surface area contributed by atoms with Gasteiger partial charge in [-0.2, -0.15) is 0 Å². The van der Waals surface area contributed by atoms with Crippen molar-refractivity contribution in [1.29, 1.82) is 0 Å². The maximum Gasteiger partial charge on any atom is 0.333 e. The Morgan fingerprint density at radius 2 is 1.83 bits per heavy atom. The van der Waals surface area contributed by atoms with Crippen molar-refractivity contribution in [1.82, 2.24) is 9.13 Å². The maximum atomic E-state index is 13.3. The fourth-order valence-corrected chi connectivity index (χ4v) is 4.67. The van der Waals surface area contributed by atoms with E-state index in [1.165, 1.54) is 29.8 Å². The quantitative estimate of drug-likeness (QED) is 0.670. The second-order valence-electron chi connectivity index (χ2n) is 7.69. The summed E-state index contributed by atoms with van der Waals surface area (Å²) in [6.45, 7) is 10.7. The van der Waals surface area contributed by atoms with Gasteiger partial charge in [-0.3, -0.25) is 9.36 Å². The van der Waals surface area contributed by atoms with Crippen LogP contribution in [0.4, 0.5) is 0 Å². The number of thiophene rings is 1. The number of aliphatic carboxylic acids is 1. The van der Waals surface area contributed by atoms with Crippen LogP contribution in [0.3, 0.4) is 0 Å². The van der Waals surface area contributed by atoms with Crippen LogP contribution in [0.2, 0.25) is 0 Å². The van der Waals surface area contributed by atoms with Gasteiger partial charge < -0.3 is 5.11 Å². The molecule has 6 nitrogen and oxygen atoms in total. The molecule has 0 bridgehead atoms. The van der Waals surface area contributed by atoms with Crippen molar-refractivity contribution in [3.05, 3.63) is 73.8 Å². The highest BCUT2D eigenvalue weighted by molar-refractivity contribution is 7.19. The van der Waals surface area contributed by atoms with Crippen LogP contribution in [0.15, 0.2) is 46.5 Å². The molecule has 0 amide bonds. The number of rotatable bonds is 6. The first kappa shape index (κ1) is 20.8. The number of hydrogen-bond acceptors (Lipinski definition) is 4.